The molecular formula is C22H44O5. The molecule has 5 nitrogen and oxygen atoms in total. The standard InChI is InChI=1S/C22H44O5/c1-3-5-6-7-8-9-10-11-12-13-15-24-16-17-25-18-19-26-20-21-27-22(23)14-4-2/h3-21H2,1-2H3. The Labute approximate surface area is 167 Å². The highest BCUT2D eigenvalue weighted by molar-refractivity contribution is 5.69. The molecule has 0 aromatic rings. The van der Waals surface area contributed by atoms with Gasteiger partial charge < -0.3 is 18.9 Å². The van der Waals surface area contributed by atoms with Gasteiger partial charge in [-0.1, -0.05) is 71.6 Å². The van der Waals surface area contributed by atoms with Crippen molar-refractivity contribution in [3.8, 4) is 0 Å². The molecule has 5 heteroatoms. The number of ether oxygens (including phenoxy) is 4. The third-order valence-electron chi connectivity index (χ3n) is 4.33. The van der Waals surface area contributed by atoms with Gasteiger partial charge in [0, 0.05) is 13.0 Å². The van der Waals surface area contributed by atoms with Gasteiger partial charge in [-0.25, -0.2) is 0 Å². The highest BCUT2D eigenvalue weighted by Gasteiger charge is 1.99. The second kappa shape index (κ2) is 23.4. The summed E-state index contributed by atoms with van der Waals surface area (Å²) in [6, 6.07) is 0. The van der Waals surface area contributed by atoms with Gasteiger partial charge in [-0.2, -0.15) is 0 Å². The predicted molar refractivity (Wildman–Crippen MR) is 110 cm³/mol. The fourth-order valence-electron chi connectivity index (χ4n) is 2.72. The van der Waals surface area contributed by atoms with Gasteiger partial charge in [0.2, 0.25) is 0 Å². The molecule has 0 spiro atoms. The van der Waals surface area contributed by atoms with Crippen molar-refractivity contribution in [3.05, 3.63) is 0 Å². The molecular weight excluding hydrogens is 344 g/mol. The molecule has 0 radical (unpaired) electrons. The summed E-state index contributed by atoms with van der Waals surface area (Å²) < 4.78 is 21.3. The first-order valence-electron chi connectivity index (χ1n) is 11.2. The van der Waals surface area contributed by atoms with Crippen LogP contribution in [-0.4, -0.2) is 52.2 Å². The molecule has 0 fully saturated rings. The van der Waals surface area contributed by atoms with Crippen LogP contribution in [0.4, 0.5) is 0 Å². The Morgan fingerprint density at radius 1 is 0.519 bits per heavy atom. The first-order chi connectivity index (χ1) is 13.3. The average molecular weight is 389 g/mol. The normalized spacial score (nSPS) is 11.0. The highest BCUT2D eigenvalue weighted by atomic mass is 16.6. The molecule has 0 aliphatic carbocycles. The SMILES string of the molecule is CCCCCCCCCCCCOCCOCCOCCOC(=O)CCC. The summed E-state index contributed by atoms with van der Waals surface area (Å²) in [5.74, 6) is -0.156. The van der Waals surface area contributed by atoms with E-state index in [-0.39, 0.29) is 5.97 Å². The van der Waals surface area contributed by atoms with Crippen molar-refractivity contribution in [3.63, 3.8) is 0 Å². The molecule has 0 heterocycles. The zero-order valence-electron chi connectivity index (χ0n) is 18.0. The maximum absolute atomic E-state index is 11.1. The van der Waals surface area contributed by atoms with E-state index >= 15 is 0 Å². The van der Waals surface area contributed by atoms with E-state index in [1.807, 2.05) is 6.92 Å². The van der Waals surface area contributed by atoms with Crippen molar-refractivity contribution in [1.29, 1.82) is 0 Å². The summed E-state index contributed by atoms with van der Waals surface area (Å²) in [5, 5.41) is 0. The molecule has 0 aromatic carbocycles. The van der Waals surface area contributed by atoms with Crippen molar-refractivity contribution >= 4 is 5.97 Å². The Hall–Kier alpha value is -0.650. The summed E-state index contributed by atoms with van der Waals surface area (Å²) in [4.78, 5) is 11.1. The first kappa shape index (κ1) is 26.4. The Bertz CT molecular complexity index is 296. The lowest BCUT2D eigenvalue weighted by Crippen LogP contribution is -2.13. The van der Waals surface area contributed by atoms with Crippen LogP contribution in [0.2, 0.25) is 0 Å². The van der Waals surface area contributed by atoms with Crippen LogP contribution in [-0.2, 0) is 23.7 Å². The van der Waals surface area contributed by atoms with Gasteiger partial charge in [0.25, 0.3) is 0 Å². The number of esters is 1. The summed E-state index contributed by atoms with van der Waals surface area (Å²) in [7, 11) is 0. The lowest BCUT2D eigenvalue weighted by molar-refractivity contribution is -0.145. The number of rotatable bonds is 22. The second-order valence-electron chi connectivity index (χ2n) is 6.99. The molecule has 0 bridgehead atoms. The Kier molecular flexibility index (Phi) is 22.8. The third kappa shape index (κ3) is 23.3. The van der Waals surface area contributed by atoms with E-state index in [0.717, 1.165) is 19.4 Å². The Balaban J connectivity index is 3.02. The van der Waals surface area contributed by atoms with Crippen molar-refractivity contribution in [2.24, 2.45) is 0 Å². The maximum Gasteiger partial charge on any atom is 0.305 e. The molecule has 0 aromatic heterocycles. The largest absolute Gasteiger partial charge is 0.463 e. The van der Waals surface area contributed by atoms with E-state index in [0.29, 0.717) is 46.1 Å². The molecule has 0 N–H and O–H groups in total. The van der Waals surface area contributed by atoms with Gasteiger partial charge >= 0.3 is 5.97 Å². The van der Waals surface area contributed by atoms with Crippen LogP contribution in [0, 0.1) is 0 Å². The molecule has 0 saturated heterocycles. The predicted octanol–water partition coefficient (Wildman–Crippen LogP) is 5.30. The van der Waals surface area contributed by atoms with Crippen LogP contribution in [0.25, 0.3) is 0 Å². The zero-order chi connectivity index (χ0) is 19.8. The third-order valence-corrected chi connectivity index (χ3v) is 4.33. The maximum atomic E-state index is 11.1. The van der Waals surface area contributed by atoms with E-state index in [9.17, 15) is 4.79 Å². The average Bonchev–Trinajstić information content (AvgIpc) is 2.66. The Morgan fingerprint density at radius 2 is 0.963 bits per heavy atom. The zero-order valence-corrected chi connectivity index (χ0v) is 18.0. The highest BCUT2D eigenvalue weighted by Crippen LogP contribution is 2.10. The van der Waals surface area contributed by atoms with Crippen LogP contribution < -0.4 is 0 Å². The van der Waals surface area contributed by atoms with Crippen LogP contribution in [0.5, 0.6) is 0 Å². The van der Waals surface area contributed by atoms with Crippen molar-refractivity contribution in [2.45, 2.75) is 90.9 Å². The van der Waals surface area contributed by atoms with Crippen LogP contribution in [0.1, 0.15) is 90.9 Å². The minimum atomic E-state index is -0.156. The fraction of sp³-hybridized carbons (Fsp3) is 0.955. The molecule has 0 atom stereocenters. The summed E-state index contributed by atoms with van der Waals surface area (Å²) in [5.41, 5.74) is 0. The summed E-state index contributed by atoms with van der Waals surface area (Å²) in [6.45, 7) is 8.11. The molecule has 0 unspecified atom stereocenters. The Morgan fingerprint density at radius 3 is 1.48 bits per heavy atom. The molecule has 0 aliphatic heterocycles. The van der Waals surface area contributed by atoms with Gasteiger partial charge in [-0.3, -0.25) is 4.79 Å². The smallest absolute Gasteiger partial charge is 0.305 e. The van der Waals surface area contributed by atoms with Gasteiger partial charge in [0.05, 0.1) is 33.0 Å². The minimum Gasteiger partial charge on any atom is -0.463 e. The van der Waals surface area contributed by atoms with Crippen LogP contribution in [0.15, 0.2) is 0 Å². The number of unbranched alkanes of at least 4 members (excludes halogenated alkanes) is 9. The van der Waals surface area contributed by atoms with Crippen LogP contribution >= 0.6 is 0 Å². The monoisotopic (exact) mass is 388 g/mol. The fourth-order valence-corrected chi connectivity index (χ4v) is 2.72. The summed E-state index contributed by atoms with van der Waals surface area (Å²) >= 11 is 0. The molecule has 0 aliphatic rings. The van der Waals surface area contributed by atoms with Gasteiger partial charge in [-0.05, 0) is 12.8 Å². The van der Waals surface area contributed by atoms with Crippen molar-refractivity contribution in [1.82, 2.24) is 0 Å². The van der Waals surface area contributed by atoms with Gasteiger partial charge in [0.15, 0.2) is 0 Å². The van der Waals surface area contributed by atoms with E-state index in [1.165, 1.54) is 57.8 Å². The lowest BCUT2D eigenvalue weighted by atomic mass is 10.1. The number of carbonyl (C=O) groups excluding carboxylic acids is 1. The quantitative estimate of drug-likeness (QED) is 0.186. The van der Waals surface area contributed by atoms with E-state index < -0.39 is 0 Å². The molecule has 0 amide bonds. The van der Waals surface area contributed by atoms with E-state index in [2.05, 4.69) is 6.92 Å². The molecule has 162 valence electrons. The number of carbonyl (C=O) groups is 1. The molecule has 0 saturated carbocycles. The number of hydrogen-bond donors (Lipinski definition) is 0. The van der Waals surface area contributed by atoms with Crippen molar-refractivity contribution < 1.29 is 23.7 Å². The summed E-state index contributed by atoms with van der Waals surface area (Å²) in [6.07, 6.45) is 14.7. The minimum absolute atomic E-state index is 0.156. The van der Waals surface area contributed by atoms with E-state index in [4.69, 9.17) is 18.9 Å². The first-order valence-corrected chi connectivity index (χ1v) is 11.2. The van der Waals surface area contributed by atoms with Gasteiger partial charge in [-0.15, -0.1) is 0 Å². The van der Waals surface area contributed by atoms with Gasteiger partial charge in [0.1, 0.15) is 6.61 Å². The molecule has 27 heavy (non-hydrogen) atoms. The second-order valence-corrected chi connectivity index (χ2v) is 6.99. The topological polar surface area (TPSA) is 54.0 Å². The lowest BCUT2D eigenvalue weighted by Gasteiger charge is -2.07. The van der Waals surface area contributed by atoms with E-state index in [1.54, 1.807) is 0 Å². The number of hydrogen-bond acceptors (Lipinski definition) is 5. The van der Waals surface area contributed by atoms with Crippen LogP contribution in [0.3, 0.4) is 0 Å². The van der Waals surface area contributed by atoms with Crippen molar-refractivity contribution in [2.75, 3.05) is 46.2 Å². The molecule has 0 rings (SSSR count).